The number of rotatable bonds is 2. The molecule has 0 aliphatic carbocycles. The van der Waals surface area contributed by atoms with E-state index in [-0.39, 0.29) is 11.9 Å². The normalized spacial score (nSPS) is 16.8. The largest absolute Gasteiger partial charge is 0.423 e. The van der Waals surface area contributed by atoms with Crippen LogP contribution >= 0.6 is 0 Å². The Kier molecular flexibility index (Phi) is 3.67. The Morgan fingerprint density at radius 1 is 1.12 bits per heavy atom. The Morgan fingerprint density at radius 3 is 2.52 bits per heavy atom. The van der Waals surface area contributed by atoms with Crippen LogP contribution in [0.1, 0.15) is 45.1 Å². The second-order valence-electron chi connectivity index (χ2n) is 6.50. The molecule has 0 bridgehead atoms. The zero-order valence-corrected chi connectivity index (χ0v) is 14.6. The summed E-state index contributed by atoms with van der Waals surface area (Å²) in [5.74, 6) is 0.980. The number of aromatic nitrogens is 3. The van der Waals surface area contributed by atoms with Gasteiger partial charge in [-0.3, -0.25) is 4.79 Å². The molecule has 0 fully saturated rings. The molecular formula is C19H20N4O2. The van der Waals surface area contributed by atoms with Crippen molar-refractivity contribution < 1.29 is 9.21 Å². The highest BCUT2D eigenvalue weighted by atomic mass is 16.4. The molecular weight excluding hydrogens is 316 g/mol. The fourth-order valence-electron chi connectivity index (χ4n) is 3.38. The van der Waals surface area contributed by atoms with Crippen LogP contribution in [0.25, 0.3) is 0 Å². The van der Waals surface area contributed by atoms with Crippen LogP contribution in [0.4, 0.5) is 0 Å². The van der Waals surface area contributed by atoms with Crippen molar-refractivity contribution in [1.82, 2.24) is 19.7 Å². The van der Waals surface area contributed by atoms with Crippen molar-refractivity contribution in [1.29, 1.82) is 0 Å². The molecule has 3 heterocycles. The van der Waals surface area contributed by atoms with E-state index in [0.717, 1.165) is 11.3 Å². The predicted molar refractivity (Wildman–Crippen MR) is 91.9 cm³/mol. The van der Waals surface area contributed by atoms with E-state index in [1.54, 1.807) is 6.92 Å². The highest BCUT2D eigenvalue weighted by Gasteiger charge is 2.35. The summed E-state index contributed by atoms with van der Waals surface area (Å²) in [6.07, 6.45) is 0.674. The molecule has 1 aliphatic rings. The molecule has 1 amide bonds. The molecule has 0 N–H and O–H groups in total. The van der Waals surface area contributed by atoms with Crippen molar-refractivity contribution >= 4 is 5.91 Å². The van der Waals surface area contributed by atoms with Gasteiger partial charge in [-0.1, -0.05) is 24.3 Å². The summed E-state index contributed by atoms with van der Waals surface area (Å²) in [5, 5.41) is 8.13. The Balaban J connectivity index is 1.77. The standard InChI is InChI=1S/C19H20N4O2/c1-12-8-9-16(22(12)3)19(24)23-11-15-7-5-4-6-14(15)10-17(23)18-21-20-13(2)25-18/h4-9,17H,10-11H2,1-3H3. The number of carbonyl (C=O) groups excluding carboxylic acids is 1. The summed E-state index contributed by atoms with van der Waals surface area (Å²) in [4.78, 5) is 15.1. The monoisotopic (exact) mass is 336 g/mol. The van der Waals surface area contributed by atoms with Gasteiger partial charge in [0.15, 0.2) is 0 Å². The number of carbonyl (C=O) groups is 1. The number of amides is 1. The van der Waals surface area contributed by atoms with E-state index in [1.807, 2.05) is 47.7 Å². The van der Waals surface area contributed by atoms with Gasteiger partial charge in [0.2, 0.25) is 11.8 Å². The maximum absolute atomic E-state index is 13.2. The van der Waals surface area contributed by atoms with Gasteiger partial charge >= 0.3 is 0 Å². The molecule has 2 aromatic heterocycles. The number of hydrogen-bond donors (Lipinski definition) is 0. The van der Waals surface area contributed by atoms with Crippen LogP contribution in [0.15, 0.2) is 40.8 Å². The molecule has 0 radical (unpaired) electrons. The van der Waals surface area contributed by atoms with Crippen LogP contribution < -0.4 is 0 Å². The van der Waals surface area contributed by atoms with E-state index < -0.39 is 0 Å². The third-order valence-corrected chi connectivity index (χ3v) is 4.93. The van der Waals surface area contributed by atoms with E-state index in [4.69, 9.17) is 4.42 Å². The minimum atomic E-state index is -0.251. The zero-order chi connectivity index (χ0) is 17.6. The van der Waals surface area contributed by atoms with E-state index in [1.165, 1.54) is 5.56 Å². The highest BCUT2D eigenvalue weighted by molar-refractivity contribution is 5.93. The highest BCUT2D eigenvalue weighted by Crippen LogP contribution is 2.33. The van der Waals surface area contributed by atoms with Gasteiger partial charge in [-0.05, 0) is 30.2 Å². The zero-order valence-electron chi connectivity index (χ0n) is 14.6. The first-order valence-electron chi connectivity index (χ1n) is 8.34. The van der Waals surface area contributed by atoms with Crippen LogP contribution in [0.3, 0.4) is 0 Å². The molecule has 25 heavy (non-hydrogen) atoms. The Morgan fingerprint density at radius 2 is 1.88 bits per heavy atom. The van der Waals surface area contributed by atoms with E-state index in [0.29, 0.717) is 30.4 Å². The van der Waals surface area contributed by atoms with Gasteiger partial charge in [-0.15, -0.1) is 10.2 Å². The van der Waals surface area contributed by atoms with Gasteiger partial charge < -0.3 is 13.9 Å². The molecule has 1 aromatic carbocycles. The molecule has 128 valence electrons. The Labute approximate surface area is 146 Å². The van der Waals surface area contributed by atoms with Crippen LogP contribution in [0.5, 0.6) is 0 Å². The van der Waals surface area contributed by atoms with Gasteiger partial charge in [0.1, 0.15) is 11.7 Å². The van der Waals surface area contributed by atoms with Crippen molar-refractivity contribution in [2.45, 2.75) is 32.9 Å². The lowest BCUT2D eigenvalue weighted by Gasteiger charge is -2.35. The van der Waals surface area contributed by atoms with Crippen LogP contribution in [0.2, 0.25) is 0 Å². The molecule has 6 nitrogen and oxygen atoms in total. The smallest absolute Gasteiger partial charge is 0.271 e. The summed E-state index contributed by atoms with van der Waals surface area (Å²) in [6, 6.07) is 11.8. The molecule has 4 rings (SSSR count). The third-order valence-electron chi connectivity index (χ3n) is 4.93. The first-order valence-corrected chi connectivity index (χ1v) is 8.34. The molecule has 0 spiro atoms. The van der Waals surface area contributed by atoms with Crippen molar-refractivity contribution in [2.24, 2.45) is 7.05 Å². The lowest BCUT2D eigenvalue weighted by Crippen LogP contribution is -2.39. The van der Waals surface area contributed by atoms with Crippen molar-refractivity contribution in [3.8, 4) is 0 Å². The van der Waals surface area contributed by atoms with Crippen molar-refractivity contribution in [3.63, 3.8) is 0 Å². The predicted octanol–water partition coefficient (Wildman–Crippen LogP) is 2.96. The first kappa shape index (κ1) is 15.6. The van der Waals surface area contributed by atoms with E-state index in [2.05, 4.69) is 22.3 Å². The van der Waals surface area contributed by atoms with Gasteiger partial charge in [-0.2, -0.15) is 0 Å². The second-order valence-corrected chi connectivity index (χ2v) is 6.50. The number of fused-ring (bicyclic) bond motifs is 1. The SMILES string of the molecule is Cc1nnc(C2Cc3ccccc3CN2C(=O)c2ccc(C)n2C)o1. The molecule has 1 aliphatic heterocycles. The average molecular weight is 336 g/mol. The Hall–Kier alpha value is -2.89. The quantitative estimate of drug-likeness (QED) is 0.722. The summed E-state index contributed by atoms with van der Waals surface area (Å²) in [6.45, 7) is 4.28. The van der Waals surface area contributed by atoms with Gasteiger partial charge in [0, 0.05) is 32.6 Å². The maximum Gasteiger partial charge on any atom is 0.271 e. The first-order chi connectivity index (χ1) is 12.0. The summed E-state index contributed by atoms with van der Waals surface area (Å²) < 4.78 is 7.58. The average Bonchev–Trinajstić information content (AvgIpc) is 3.19. The number of nitrogens with zero attached hydrogens (tertiary/aromatic N) is 4. The van der Waals surface area contributed by atoms with Gasteiger partial charge in [0.05, 0.1) is 0 Å². The summed E-state index contributed by atoms with van der Waals surface area (Å²) in [5.41, 5.74) is 4.09. The molecule has 6 heteroatoms. The summed E-state index contributed by atoms with van der Waals surface area (Å²) >= 11 is 0. The van der Waals surface area contributed by atoms with Crippen LogP contribution in [-0.2, 0) is 20.0 Å². The van der Waals surface area contributed by atoms with E-state index >= 15 is 0 Å². The second kappa shape index (κ2) is 5.88. The van der Waals surface area contributed by atoms with Gasteiger partial charge in [-0.25, -0.2) is 0 Å². The Bertz CT molecular complexity index is 941. The molecule has 1 unspecified atom stereocenters. The number of aryl methyl sites for hydroxylation is 2. The maximum atomic E-state index is 13.2. The van der Waals surface area contributed by atoms with Crippen molar-refractivity contribution in [3.05, 3.63) is 70.7 Å². The lowest BCUT2D eigenvalue weighted by molar-refractivity contribution is 0.0592. The summed E-state index contributed by atoms with van der Waals surface area (Å²) in [7, 11) is 1.91. The van der Waals surface area contributed by atoms with Crippen molar-refractivity contribution in [2.75, 3.05) is 0 Å². The molecule has 0 saturated heterocycles. The minimum absolute atomic E-state index is 0.0223. The topological polar surface area (TPSA) is 64.2 Å². The number of benzene rings is 1. The fourth-order valence-corrected chi connectivity index (χ4v) is 3.38. The van der Waals surface area contributed by atoms with Crippen LogP contribution in [-0.4, -0.2) is 25.6 Å². The van der Waals surface area contributed by atoms with Gasteiger partial charge in [0.25, 0.3) is 5.91 Å². The van der Waals surface area contributed by atoms with E-state index in [9.17, 15) is 4.79 Å². The minimum Gasteiger partial charge on any atom is -0.423 e. The molecule has 1 atom stereocenters. The molecule has 3 aromatic rings. The third kappa shape index (κ3) is 2.63. The lowest BCUT2D eigenvalue weighted by atomic mass is 9.93. The van der Waals surface area contributed by atoms with Crippen LogP contribution in [0, 0.1) is 13.8 Å². The molecule has 0 saturated carbocycles. The number of hydrogen-bond acceptors (Lipinski definition) is 4. The fraction of sp³-hybridized carbons (Fsp3) is 0.316.